The molecule has 19 heavy (non-hydrogen) atoms. The van der Waals surface area contributed by atoms with Crippen LogP contribution in [0.5, 0.6) is 0 Å². The van der Waals surface area contributed by atoms with Crippen LogP contribution in [-0.4, -0.2) is 10.8 Å². The quantitative estimate of drug-likeness (QED) is 0.801. The number of benzene rings is 1. The number of carbonyl (C=O) groups excluding carboxylic acids is 1. The lowest BCUT2D eigenvalue weighted by molar-refractivity contribution is 0.103. The molecule has 0 atom stereocenters. The molecule has 0 unspecified atom stereocenters. The molecular weight excluding hydrogens is 238 g/mol. The number of ketones is 1. The average molecular weight is 253 g/mol. The van der Waals surface area contributed by atoms with E-state index >= 15 is 0 Å². The van der Waals surface area contributed by atoms with Crippen molar-refractivity contribution in [3.63, 3.8) is 0 Å². The van der Waals surface area contributed by atoms with Gasteiger partial charge in [0.1, 0.15) is 5.82 Å². The maximum absolute atomic E-state index is 12.5. The Morgan fingerprint density at radius 2 is 2.05 bits per heavy atom. The average Bonchev–Trinajstić information content (AvgIpc) is 2.85. The molecule has 2 heterocycles. The maximum atomic E-state index is 12.5. The van der Waals surface area contributed by atoms with Gasteiger partial charge < -0.3 is 11.1 Å². The van der Waals surface area contributed by atoms with Gasteiger partial charge in [-0.3, -0.25) is 4.79 Å². The summed E-state index contributed by atoms with van der Waals surface area (Å²) in [5, 5.41) is 3.27. The van der Waals surface area contributed by atoms with Gasteiger partial charge in [-0.05, 0) is 35.7 Å². The SMILES string of the molecule is Cc1ccnc(N)c1C(=O)c1ccc2c(c1)CNC2. The van der Waals surface area contributed by atoms with Crippen molar-refractivity contribution < 1.29 is 4.79 Å². The van der Waals surface area contributed by atoms with E-state index in [0.29, 0.717) is 16.9 Å². The number of anilines is 1. The number of hydrogen-bond acceptors (Lipinski definition) is 4. The van der Waals surface area contributed by atoms with E-state index in [1.54, 1.807) is 12.3 Å². The molecule has 0 spiro atoms. The van der Waals surface area contributed by atoms with Crippen molar-refractivity contribution in [3.05, 3.63) is 58.3 Å². The number of pyridine rings is 1. The zero-order valence-corrected chi connectivity index (χ0v) is 10.7. The Hall–Kier alpha value is -2.20. The molecule has 96 valence electrons. The molecule has 0 radical (unpaired) electrons. The van der Waals surface area contributed by atoms with Crippen molar-refractivity contribution in [2.24, 2.45) is 0 Å². The fourth-order valence-electron chi connectivity index (χ4n) is 2.46. The van der Waals surface area contributed by atoms with E-state index in [9.17, 15) is 4.79 Å². The molecule has 0 aliphatic carbocycles. The van der Waals surface area contributed by atoms with Gasteiger partial charge in [-0.1, -0.05) is 12.1 Å². The van der Waals surface area contributed by atoms with Crippen LogP contribution >= 0.6 is 0 Å². The van der Waals surface area contributed by atoms with Crippen molar-refractivity contribution in [2.75, 3.05) is 5.73 Å². The zero-order chi connectivity index (χ0) is 13.4. The Balaban J connectivity index is 2.05. The fourth-order valence-corrected chi connectivity index (χ4v) is 2.46. The summed E-state index contributed by atoms with van der Waals surface area (Å²) in [6, 6.07) is 7.62. The van der Waals surface area contributed by atoms with E-state index in [-0.39, 0.29) is 5.78 Å². The fraction of sp³-hybridized carbons (Fsp3) is 0.200. The predicted molar refractivity (Wildman–Crippen MR) is 73.8 cm³/mol. The number of nitrogens with one attached hydrogen (secondary N) is 1. The number of hydrogen-bond donors (Lipinski definition) is 2. The van der Waals surface area contributed by atoms with E-state index in [1.165, 1.54) is 11.1 Å². The monoisotopic (exact) mass is 253 g/mol. The van der Waals surface area contributed by atoms with Gasteiger partial charge in [0.05, 0.1) is 5.56 Å². The second kappa shape index (κ2) is 4.48. The molecule has 0 amide bonds. The lowest BCUT2D eigenvalue weighted by atomic mass is 9.97. The van der Waals surface area contributed by atoms with Crippen LogP contribution in [0.2, 0.25) is 0 Å². The highest BCUT2D eigenvalue weighted by molar-refractivity contribution is 6.12. The van der Waals surface area contributed by atoms with Crippen molar-refractivity contribution in [1.82, 2.24) is 10.3 Å². The number of nitrogens with zero attached hydrogens (tertiary/aromatic N) is 1. The Kier molecular flexibility index (Phi) is 2.80. The summed E-state index contributed by atoms with van der Waals surface area (Å²) < 4.78 is 0. The third-order valence-corrected chi connectivity index (χ3v) is 3.52. The van der Waals surface area contributed by atoms with Crippen LogP contribution in [0, 0.1) is 6.92 Å². The molecule has 1 aliphatic rings. The van der Waals surface area contributed by atoms with E-state index < -0.39 is 0 Å². The number of aromatic nitrogens is 1. The Morgan fingerprint density at radius 1 is 1.26 bits per heavy atom. The number of rotatable bonds is 2. The van der Waals surface area contributed by atoms with Gasteiger partial charge in [0.25, 0.3) is 0 Å². The van der Waals surface area contributed by atoms with Crippen molar-refractivity contribution in [1.29, 1.82) is 0 Å². The number of nitrogen functional groups attached to an aromatic ring is 1. The first-order chi connectivity index (χ1) is 9.16. The first-order valence-corrected chi connectivity index (χ1v) is 6.25. The molecule has 0 fully saturated rings. The van der Waals surface area contributed by atoms with Gasteiger partial charge in [-0.2, -0.15) is 0 Å². The van der Waals surface area contributed by atoms with Gasteiger partial charge >= 0.3 is 0 Å². The number of fused-ring (bicyclic) bond motifs is 1. The molecular formula is C15H15N3O. The van der Waals surface area contributed by atoms with Gasteiger partial charge in [-0.15, -0.1) is 0 Å². The molecule has 0 saturated carbocycles. The Bertz CT molecular complexity index is 644. The third kappa shape index (κ3) is 2.00. The molecule has 0 saturated heterocycles. The second-order valence-electron chi connectivity index (χ2n) is 4.80. The van der Waals surface area contributed by atoms with E-state index in [2.05, 4.69) is 10.3 Å². The molecule has 3 N–H and O–H groups in total. The second-order valence-corrected chi connectivity index (χ2v) is 4.80. The summed E-state index contributed by atoms with van der Waals surface area (Å²) in [5.41, 5.74) is 10.3. The summed E-state index contributed by atoms with van der Waals surface area (Å²) in [4.78, 5) is 16.6. The van der Waals surface area contributed by atoms with E-state index in [0.717, 1.165) is 18.7 Å². The standard InChI is InChI=1S/C15H15N3O/c1-9-4-5-18-15(16)13(9)14(19)10-2-3-11-7-17-8-12(11)6-10/h2-6,17H,7-8H2,1H3,(H2,16,18). The molecule has 4 heteroatoms. The normalized spacial score (nSPS) is 13.3. The number of nitrogens with two attached hydrogens (primary N) is 1. The lowest BCUT2D eigenvalue weighted by Gasteiger charge is -2.08. The van der Waals surface area contributed by atoms with Crippen LogP contribution in [-0.2, 0) is 13.1 Å². The first-order valence-electron chi connectivity index (χ1n) is 6.25. The number of carbonyl (C=O) groups is 1. The van der Waals surface area contributed by atoms with Crippen LogP contribution in [0.4, 0.5) is 5.82 Å². The van der Waals surface area contributed by atoms with Gasteiger partial charge in [-0.25, -0.2) is 4.98 Å². The molecule has 0 bridgehead atoms. The van der Waals surface area contributed by atoms with Crippen LogP contribution in [0.25, 0.3) is 0 Å². The summed E-state index contributed by atoms with van der Waals surface area (Å²) in [5.74, 6) is 0.237. The largest absolute Gasteiger partial charge is 0.383 e. The van der Waals surface area contributed by atoms with Gasteiger partial charge in [0, 0.05) is 24.8 Å². The highest BCUT2D eigenvalue weighted by atomic mass is 16.1. The summed E-state index contributed by atoms with van der Waals surface area (Å²) in [6.07, 6.45) is 1.62. The minimum atomic E-state index is -0.0576. The van der Waals surface area contributed by atoms with Crippen LogP contribution < -0.4 is 11.1 Å². The minimum Gasteiger partial charge on any atom is -0.383 e. The molecule has 3 rings (SSSR count). The molecule has 1 aromatic heterocycles. The van der Waals surface area contributed by atoms with Crippen molar-refractivity contribution in [2.45, 2.75) is 20.0 Å². The lowest BCUT2D eigenvalue weighted by Crippen LogP contribution is -2.09. The summed E-state index contributed by atoms with van der Waals surface area (Å²) in [6.45, 7) is 3.57. The van der Waals surface area contributed by atoms with Crippen LogP contribution in [0.3, 0.4) is 0 Å². The Morgan fingerprint density at radius 3 is 2.84 bits per heavy atom. The van der Waals surface area contributed by atoms with E-state index in [1.807, 2.05) is 25.1 Å². The Labute approximate surface area is 111 Å². The number of aryl methyl sites for hydroxylation is 1. The third-order valence-electron chi connectivity index (χ3n) is 3.52. The predicted octanol–water partition coefficient (Wildman–Crippen LogP) is 1.81. The van der Waals surface area contributed by atoms with Crippen molar-refractivity contribution in [3.8, 4) is 0 Å². The molecule has 1 aromatic carbocycles. The zero-order valence-electron chi connectivity index (χ0n) is 10.7. The van der Waals surface area contributed by atoms with E-state index in [4.69, 9.17) is 5.73 Å². The topological polar surface area (TPSA) is 68.0 Å². The smallest absolute Gasteiger partial charge is 0.197 e. The first kappa shape index (κ1) is 11.9. The summed E-state index contributed by atoms with van der Waals surface area (Å²) >= 11 is 0. The van der Waals surface area contributed by atoms with Gasteiger partial charge in [0.15, 0.2) is 5.78 Å². The molecule has 1 aliphatic heterocycles. The highest BCUT2D eigenvalue weighted by Gasteiger charge is 2.18. The molecule has 2 aromatic rings. The van der Waals surface area contributed by atoms with Crippen LogP contribution in [0.1, 0.15) is 32.6 Å². The minimum absolute atomic E-state index is 0.0576. The van der Waals surface area contributed by atoms with Crippen LogP contribution in [0.15, 0.2) is 30.5 Å². The molecule has 4 nitrogen and oxygen atoms in total. The highest BCUT2D eigenvalue weighted by Crippen LogP contribution is 2.22. The maximum Gasteiger partial charge on any atom is 0.197 e. The van der Waals surface area contributed by atoms with Gasteiger partial charge in [0.2, 0.25) is 0 Å². The summed E-state index contributed by atoms with van der Waals surface area (Å²) in [7, 11) is 0. The van der Waals surface area contributed by atoms with Crippen molar-refractivity contribution >= 4 is 11.6 Å².